The van der Waals surface area contributed by atoms with Crippen LogP contribution in [0.2, 0.25) is 0 Å². The number of rotatable bonds is 4. The predicted molar refractivity (Wildman–Crippen MR) is 55.2 cm³/mol. The first-order chi connectivity index (χ1) is 7.20. The zero-order valence-electron chi connectivity index (χ0n) is 8.11. The van der Waals surface area contributed by atoms with Gasteiger partial charge in [-0.15, -0.1) is 9.42 Å². The molecule has 0 bridgehead atoms. The fourth-order valence-corrected chi connectivity index (χ4v) is 0.964. The Morgan fingerprint density at radius 1 is 1.13 bits per heavy atom. The lowest BCUT2D eigenvalue weighted by atomic mass is 10.2. The van der Waals surface area contributed by atoms with Gasteiger partial charge in [-0.3, -0.25) is 0 Å². The standard InChI is InChI=1S/C7H7O3P.C2H6O2/c8-11(9)10-6-7-4-2-1-3-5-7;3-1-2-4/h1-5H,6H2;3-4H,1-2H2/p+1. The molecule has 3 N–H and O–H groups in total. The summed E-state index contributed by atoms with van der Waals surface area (Å²) in [5.74, 6) is 0. The Balaban J connectivity index is 0.000000423. The van der Waals surface area contributed by atoms with Crippen LogP contribution in [0, 0.1) is 0 Å². The summed E-state index contributed by atoms with van der Waals surface area (Å²) in [5, 5.41) is 15.2. The fourth-order valence-electron chi connectivity index (χ4n) is 0.704. The minimum atomic E-state index is -2.47. The van der Waals surface area contributed by atoms with Crippen LogP contribution >= 0.6 is 8.25 Å². The van der Waals surface area contributed by atoms with E-state index in [2.05, 4.69) is 4.52 Å². The molecule has 0 radical (unpaired) electrons. The monoisotopic (exact) mass is 233 g/mol. The quantitative estimate of drug-likeness (QED) is 0.670. The number of aliphatic hydroxyl groups excluding tert-OH is 2. The summed E-state index contributed by atoms with van der Waals surface area (Å²) in [7, 11) is -2.47. The van der Waals surface area contributed by atoms with Gasteiger partial charge in [0.15, 0.2) is 0 Å². The maximum Gasteiger partial charge on any atom is 0.695 e. The highest BCUT2D eigenvalue weighted by Gasteiger charge is 2.10. The molecule has 0 aromatic heterocycles. The van der Waals surface area contributed by atoms with Crippen molar-refractivity contribution in [2.45, 2.75) is 6.61 Å². The second-order valence-electron chi connectivity index (χ2n) is 2.44. The van der Waals surface area contributed by atoms with Gasteiger partial charge in [0.05, 0.1) is 13.2 Å². The zero-order valence-corrected chi connectivity index (χ0v) is 9.01. The first-order valence-corrected chi connectivity index (χ1v) is 5.38. The highest BCUT2D eigenvalue weighted by Crippen LogP contribution is 2.17. The van der Waals surface area contributed by atoms with Crippen LogP contribution < -0.4 is 0 Å². The average molecular weight is 233 g/mol. The SMILES string of the molecule is O=[P+](O)OCc1ccccc1.OCCO. The summed E-state index contributed by atoms with van der Waals surface area (Å²) in [6.45, 7) is -0.0630. The van der Waals surface area contributed by atoms with Gasteiger partial charge in [0.1, 0.15) is 6.61 Å². The van der Waals surface area contributed by atoms with Crippen molar-refractivity contribution in [3.05, 3.63) is 35.9 Å². The summed E-state index contributed by atoms with van der Waals surface area (Å²) in [6, 6.07) is 9.24. The highest BCUT2D eigenvalue weighted by atomic mass is 31.1. The minimum absolute atomic E-state index is 0.125. The predicted octanol–water partition coefficient (Wildman–Crippen LogP) is 0.824. The van der Waals surface area contributed by atoms with E-state index in [1.54, 1.807) is 0 Å². The third-order valence-corrected chi connectivity index (χ3v) is 1.63. The number of hydrogen-bond acceptors (Lipinski definition) is 4. The van der Waals surface area contributed by atoms with Crippen molar-refractivity contribution < 1.29 is 24.2 Å². The maximum atomic E-state index is 10.1. The molecule has 0 aliphatic carbocycles. The molecule has 0 spiro atoms. The third-order valence-electron chi connectivity index (χ3n) is 1.28. The maximum absolute atomic E-state index is 10.1. The van der Waals surface area contributed by atoms with E-state index in [0.29, 0.717) is 0 Å². The van der Waals surface area contributed by atoms with Crippen LogP contribution in [0.5, 0.6) is 0 Å². The van der Waals surface area contributed by atoms with Crippen LogP contribution in [0.1, 0.15) is 5.56 Å². The minimum Gasteiger partial charge on any atom is -0.394 e. The summed E-state index contributed by atoms with van der Waals surface area (Å²) in [5.41, 5.74) is 0.893. The Labute approximate surface area is 88.9 Å². The molecule has 5 nitrogen and oxygen atoms in total. The van der Waals surface area contributed by atoms with Crippen LogP contribution in [0.4, 0.5) is 0 Å². The normalized spacial score (nSPS) is 10.2. The summed E-state index contributed by atoms with van der Waals surface area (Å²) >= 11 is 0. The van der Waals surface area contributed by atoms with E-state index in [9.17, 15) is 4.57 Å². The molecule has 1 unspecified atom stereocenters. The Morgan fingerprint density at radius 3 is 2.07 bits per heavy atom. The second kappa shape index (κ2) is 9.71. The molecule has 0 saturated carbocycles. The van der Waals surface area contributed by atoms with E-state index in [-0.39, 0.29) is 19.8 Å². The van der Waals surface area contributed by atoms with Gasteiger partial charge in [-0.2, -0.15) is 0 Å². The van der Waals surface area contributed by atoms with Gasteiger partial charge in [-0.05, 0) is 5.56 Å². The van der Waals surface area contributed by atoms with E-state index in [1.165, 1.54) is 0 Å². The van der Waals surface area contributed by atoms with Gasteiger partial charge < -0.3 is 10.2 Å². The van der Waals surface area contributed by atoms with Crippen LogP contribution in [-0.4, -0.2) is 28.3 Å². The molecule has 84 valence electrons. The van der Waals surface area contributed by atoms with Gasteiger partial charge >= 0.3 is 8.25 Å². The molecule has 0 saturated heterocycles. The topological polar surface area (TPSA) is 87.0 Å². The average Bonchev–Trinajstić information content (AvgIpc) is 2.28. The van der Waals surface area contributed by atoms with E-state index < -0.39 is 8.25 Å². The summed E-state index contributed by atoms with van der Waals surface area (Å²) in [6.07, 6.45) is 0. The third kappa shape index (κ3) is 9.46. The Bertz CT molecular complexity index is 262. The van der Waals surface area contributed by atoms with Crippen molar-refractivity contribution in [3.63, 3.8) is 0 Å². The van der Waals surface area contributed by atoms with Gasteiger partial charge in [0.25, 0.3) is 0 Å². The zero-order chi connectivity index (χ0) is 11.5. The molecule has 1 aromatic rings. The van der Waals surface area contributed by atoms with Crippen LogP contribution in [0.25, 0.3) is 0 Å². The Morgan fingerprint density at radius 2 is 1.67 bits per heavy atom. The molecule has 1 aromatic carbocycles. The lowest BCUT2D eigenvalue weighted by Gasteiger charge is -1.90. The molecule has 1 atom stereocenters. The van der Waals surface area contributed by atoms with Crippen LogP contribution in [0.3, 0.4) is 0 Å². The molecule has 15 heavy (non-hydrogen) atoms. The van der Waals surface area contributed by atoms with E-state index in [0.717, 1.165) is 5.56 Å². The molecule has 1 rings (SSSR count). The lowest BCUT2D eigenvalue weighted by molar-refractivity contribution is 0.186. The molecule has 0 fully saturated rings. The molecule has 0 aliphatic rings. The van der Waals surface area contributed by atoms with Gasteiger partial charge in [-0.25, -0.2) is 0 Å². The van der Waals surface area contributed by atoms with E-state index >= 15 is 0 Å². The number of benzene rings is 1. The van der Waals surface area contributed by atoms with Gasteiger partial charge in [0.2, 0.25) is 0 Å². The molecule has 0 aliphatic heterocycles. The number of aliphatic hydroxyl groups is 2. The van der Waals surface area contributed by atoms with Crippen LogP contribution in [-0.2, 0) is 15.7 Å². The lowest BCUT2D eigenvalue weighted by Crippen LogP contribution is -1.85. The second-order valence-corrected chi connectivity index (χ2v) is 3.18. The molecule has 0 amide bonds. The number of hydrogen-bond donors (Lipinski definition) is 3. The smallest absolute Gasteiger partial charge is 0.394 e. The summed E-state index contributed by atoms with van der Waals surface area (Å²) < 4.78 is 14.6. The molecule has 0 heterocycles. The first-order valence-electron chi connectivity index (χ1n) is 4.25. The van der Waals surface area contributed by atoms with Crippen molar-refractivity contribution in [1.82, 2.24) is 0 Å². The van der Waals surface area contributed by atoms with Crippen LogP contribution in [0.15, 0.2) is 30.3 Å². The Hall–Kier alpha value is -0.840. The van der Waals surface area contributed by atoms with Crippen molar-refractivity contribution in [2.24, 2.45) is 0 Å². The fraction of sp³-hybridized carbons (Fsp3) is 0.333. The van der Waals surface area contributed by atoms with E-state index in [4.69, 9.17) is 15.1 Å². The van der Waals surface area contributed by atoms with Crippen molar-refractivity contribution in [2.75, 3.05) is 13.2 Å². The highest BCUT2D eigenvalue weighted by molar-refractivity contribution is 7.32. The summed E-state index contributed by atoms with van der Waals surface area (Å²) in [4.78, 5) is 8.30. The van der Waals surface area contributed by atoms with Gasteiger partial charge in [0, 0.05) is 4.57 Å². The van der Waals surface area contributed by atoms with E-state index in [1.807, 2.05) is 30.3 Å². The molecular weight excluding hydrogens is 219 g/mol. The Kier molecular flexibility index (Phi) is 9.16. The largest absolute Gasteiger partial charge is 0.695 e. The van der Waals surface area contributed by atoms with Crippen molar-refractivity contribution >= 4 is 8.25 Å². The van der Waals surface area contributed by atoms with Crippen molar-refractivity contribution in [3.8, 4) is 0 Å². The van der Waals surface area contributed by atoms with Gasteiger partial charge in [-0.1, -0.05) is 30.3 Å². The molecule has 6 heteroatoms. The van der Waals surface area contributed by atoms with Crippen molar-refractivity contribution in [1.29, 1.82) is 0 Å². The first kappa shape index (κ1) is 14.2. The molecular formula is C9H14O5P+.